The SMILES string of the molecule is COC(C)CCNC(=O)N(C)Cc1nc2ccc(C)cc2[nH]1. The molecule has 0 aliphatic rings. The van der Waals surface area contributed by atoms with E-state index < -0.39 is 0 Å². The van der Waals surface area contributed by atoms with Gasteiger partial charge in [0.05, 0.1) is 23.7 Å². The molecule has 0 bridgehead atoms. The van der Waals surface area contributed by atoms with Crippen LogP contribution in [0.4, 0.5) is 4.79 Å². The summed E-state index contributed by atoms with van der Waals surface area (Å²) in [6.07, 6.45) is 0.934. The van der Waals surface area contributed by atoms with Crippen LogP contribution < -0.4 is 5.32 Å². The zero-order valence-corrected chi connectivity index (χ0v) is 13.6. The highest BCUT2D eigenvalue weighted by molar-refractivity contribution is 5.76. The van der Waals surface area contributed by atoms with E-state index in [2.05, 4.69) is 21.4 Å². The van der Waals surface area contributed by atoms with Crippen molar-refractivity contribution in [3.05, 3.63) is 29.6 Å². The lowest BCUT2D eigenvalue weighted by Gasteiger charge is -2.17. The number of carbonyl (C=O) groups is 1. The normalized spacial score (nSPS) is 12.4. The molecule has 0 spiro atoms. The highest BCUT2D eigenvalue weighted by Crippen LogP contribution is 2.14. The van der Waals surface area contributed by atoms with Crippen LogP contribution in [0.2, 0.25) is 0 Å². The molecule has 0 saturated carbocycles. The number of fused-ring (bicyclic) bond motifs is 1. The molecule has 1 atom stereocenters. The van der Waals surface area contributed by atoms with Crippen molar-refractivity contribution in [2.75, 3.05) is 20.7 Å². The second kappa shape index (κ2) is 7.26. The number of hydrogen-bond donors (Lipinski definition) is 2. The van der Waals surface area contributed by atoms with Gasteiger partial charge in [0.1, 0.15) is 5.82 Å². The fourth-order valence-electron chi connectivity index (χ4n) is 2.18. The molecular weight excluding hydrogens is 280 g/mol. The minimum Gasteiger partial charge on any atom is -0.382 e. The topological polar surface area (TPSA) is 70.2 Å². The van der Waals surface area contributed by atoms with E-state index in [-0.39, 0.29) is 12.1 Å². The summed E-state index contributed by atoms with van der Waals surface area (Å²) in [5.41, 5.74) is 3.10. The minimum absolute atomic E-state index is 0.111. The largest absolute Gasteiger partial charge is 0.382 e. The molecule has 0 aliphatic heterocycles. The molecule has 6 heteroatoms. The smallest absolute Gasteiger partial charge is 0.317 e. The number of amides is 2. The summed E-state index contributed by atoms with van der Waals surface area (Å²) < 4.78 is 5.15. The van der Waals surface area contributed by atoms with Gasteiger partial charge in [-0.1, -0.05) is 6.07 Å². The first-order valence-corrected chi connectivity index (χ1v) is 7.46. The summed E-state index contributed by atoms with van der Waals surface area (Å²) in [5.74, 6) is 0.781. The number of aromatic nitrogens is 2. The van der Waals surface area contributed by atoms with Crippen LogP contribution in [0.15, 0.2) is 18.2 Å². The molecule has 6 nitrogen and oxygen atoms in total. The summed E-state index contributed by atoms with van der Waals surface area (Å²) in [5, 5.41) is 2.88. The maximum absolute atomic E-state index is 12.0. The van der Waals surface area contributed by atoms with E-state index in [0.29, 0.717) is 13.1 Å². The lowest BCUT2D eigenvalue weighted by molar-refractivity contribution is 0.111. The molecule has 1 unspecified atom stereocenters. The Bertz CT molecular complexity index is 638. The Hall–Kier alpha value is -2.08. The van der Waals surface area contributed by atoms with Gasteiger partial charge in [0.2, 0.25) is 0 Å². The number of rotatable bonds is 6. The van der Waals surface area contributed by atoms with Gasteiger partial charge in [0.15, 0.2) is 0 Å². The van der Waals surface area contributed by atoms with Crippen LogP contribution in [0.5, 0.6) is 0 Å². The third kappa shape index (κ3) is 4.21. The minimum atomic E-state index is -0.111. The van der Waals surface area contributed by atoms with Crippen molar-refractivity contribution in [2.45, 2.75) is 32.9 Å². The third-order valence-corrected chi connectivity index (χ3v) is 3.65. The van der Waals surface area contributed by atoms with E-state index in [0.717, 1.165) is 23.3 Å². The van der Waals surface area contributed by atoms with Gasteiger partial charge in [-0.3, -0.25) is 0 Å². The average molecular weight is 304 g/mol. The average Bonchev–Trinajstić information content (AvgIpc) is 2.87. The quantitative estimate of drug-likeness (QED) is 0.861. The molecule has 2 amide bonds. The van der Waals surface area contributed by atoms with Gasteiger partial charge in [-0.05, 0) is 38.0 Å². The predicted molar refractivity (Wildman–Crippen MR) is 86.8 cm³/mol. The molecule has 2 N–H and O–H groups in total. The number of nitrogens with zero attached hydrogens (tertiary/aromatic N) is 2. The Kier molecular flexibility index (Phi) is 5.38. The standard InChI is InChI=1S/C16H24N4O2/c1-11-5-6-13-14(9-11)19-15(18-13)10-20(3)16(21)17-8-7-12(2)22-4/h5-6,9,12H,7-8,10H2,1-4H3,(H,17,21)(H,18,19). The monoisotopic (exact) mass is 304 g/mol. The fourth-order valence-corrected chi connectivity index (χ4v) is 2.18. The van der Waals surface area contributed by atoms with Crippen LogP contribution in [-0.2, 0) is 11.3 Å². The molecule has 0 saturated heterocycles. The van der Waals surface area contributed by atoms with E-state index in [1.165, 1.54) is 5.56 Å². The summed E-state index contributed by atoms with van der Waals surface area (Å²) >= 11 is 0. The molecule has 120 valence electrons. The number of aromatic amines is 1. The first-order chi connectivity index (χ1) is 10.5. The van der Waals surface area contributed by atoms with Crippen molar-refractivity contribution >= 4 is 17.1 Å². The molecule has 2 rings (SSSR count). The lowest BCUT2D eigenvalue weighted by atomic mass is 10.2. The van der Waals surface area contributed by atoms with Crippen molar-refractivity contribution < 1.29 is 9.53 Å². The number of benzene rings is 1. The summed E-state index contributed by atoms with van der Waals surface area (Å²) in [7, 11) is 3.43. The van der Waals surface area contributed by atoms with Crippen LogP contribution in [0.1, 0.15) is 24.7 Å². The summed E-state index contributed by atoms with van der Waals surface area (Å²) in [4.78, 5) is 21.4. The van der Waals surface area contributed by atoms with Gasteiger partial charge in [-0.25, -0.2) is 9.78 Å². The van der Waals surface area contributed by atoms with Crippen LogP contribution >= 0.6 is 0 Å². The van der Waals surface area contributed by atoms with Crippen LogP contribution in [-0.4, -0.2) is 47.7 Å². The number of nitrogens with one attached hydrogen (secondary N) is 2. The highest BCUT2D eigenvalue weighted by atomic mass is 16.5. The zero-order valence-electron chi connectivity index (χ0n) is 13.6. The number of hydrogen-bond acceptors (Lipinski definition) is 3. The number of imidazole rings is 1. The molecule has 0 aliphatic carbocycles. The lowest BCUT2D eigenvalue weighted by Crippen LogP contribution is -2.38. The van der Waals surface area contributed by atoms with Crippen molar-refractivity contribution in [2.24, 2.45) is 0 Å². The van der Waals surface area contributed by atoms with E-state index in [9.17, 15) is 4.79 Å². The molecular formula is C16H24N4O2. The van der Waals surface area contributed by atoms with E-state index in [4.69, 9.17) is 4.74 Å². The first kappa shape index (κ1) is 16.3. The number of methoxy groups -OCH3 is 1. The highest BCUT2D eigenvalue weighted by Gasteiger charge is 2.11. The van der Waals surface area contributed by atoms with Gasteiger partial charge in [0, 0.05) is 20.7 Å². The summed E-state index contributed by atoms with van der Waals surface area (Å²) in [6, 6.07) is 5.95. The maximum Gasteiger partial charge on any atom is 0.317 e. The Morgan fingerprint density at radius 2 is 2.27 bits per heavy atom. The van der Waals surface area contributed by atoms with E-state index in [1.54, 1.807) is 19.1 Å². The van der Waals surface area contributed by atoms with Crippen LogP contribution in [0, 0.1) is 6.92 Å². The van der Waals surface area contributed by atoms with Gasteiger partial charge in [-0.2, -0.15) is 0 Å². The third-order valence-electron chi connectivity index (χ3n) is 3.65. The van der Waals surface area contributed by atoms with Gasteiger partial charge < -0.3 is 19.9 Å². The second-order valence-electron chi connectivity index (χ2n) is 5.63. The molecule has 22 heavy (non-hydrogen) atoms. The summed E-state index contributed by atoms with van der Waals surface area (Å²) in [6.45, 7) is 5.06. The Balaban J connectivity index is 1.89. The van der Waals surface area contributed by atoms with Gasteiger partial charge >= 0.3 is 6.03 Å². The Morgan fingerprint density at radius 1 is 1.50 bits per heavy atom. The zero-order chi connectivity index (χ0) is 16.1. The van der Waals surface area contributed by atoms with Crippen LogP contribution in [0.25, 0.3) is 11.0 Å². The maximum atomic E-state index is 12.0. The molecule has 2 aromatic rings. The molecule has 1 heterocycles. The second-order valence-corrected chi connectivity index (χ2v) is 5.63. The van der Waals surface area contributed by atoms with Crippen molar-refractivity contribution in [1.82, 2.24) is 20.2 Å². The molecule has 1 aromatic heterocycles. The van der Waals surface area contributed by atoms with Crippen LogP contribution in [0.3, 0.4) is 0 Å². The van der Waals surface area contributed by atoms with Gasteiger partial charge in [-0.15, -0.1) is 0 Å². The van der Waals surface area contributed by atoms with E-state index in [1.807, 2.05) is 26.0 Å². The van der Waals surface area contributed by atoms with Crippen molar-refractivity contribution in [3.8, 4) is 0 Å². The first-order valence-electron chi connectivity index (χ1n) is 7.46. The number of urea groups is 1. The fraction of sp³-hybridized carbons (Fsp3) is 0.500. The van der Waals surface area contributed by atoms with Crippen molar-refractivity contribution in [3.63, 3.8) is 0 Å². The van der Waals surface area contributed by atoms with E-state index >= 15 is 0 Å². The Labute approximate surface area is 130 Å². The number of aryl methyl sites for hydroxylation is 1. The molecule has 1 aromatic carbocycles. The number of carbonyl (C=O) groups excluding carboxylic acids is 1. The van der Waals surface area contributed by atoms with Gasteiger partial charge in [0.25, 0.3) is 0 Å². The number of ether oxygens (including phenoxy) is 1. The molecule has 0 fully saturated rings. The Morgan fingerprint density at radius 3 is 3.00 bits per heavy atom. The number of H-pyrrole nitrogens is 1. The predicted octanol–water partition coefficient (Wildman–Crippen LogP) is 2.44. The molecule has 0 radical (unpaired) electrons. The van der Waals surface area contributed by atoms with Crippen molar-refractivity contribution in [1.29, 1.82) is 0 Å².